The van der Waals surface area contributed by atoms with Crippen LogP contribution in [0.4, 0.5) is 11.4 Å². The first-order valence-corrected chi connectivity index (χ1v) is 11.0. The van der Waals surface area contributed by atoms with Crippen LogP contribution < -0.4 is 9.80 Å². The lowest BCUT2D eigenvalue weighted by molar-refractivity contribution is 0.0697. The minimum Gasteiger partial charge on any atom is -0.478 e. The highest BCUT2D eigenvalue weighted by atomic mass is 35.5. The first kappa shape index (κ1) is 20.3. The summed E-state index contributed by atoms with van der Waals surface area (Å²) in [6, 6.07) is 25.3. The van der Waals surface area contributed by atoms with Gasteiger partial charge in [0.1, 0.15) is 0 Å². The Labute approximate surface area is 191 Å². The molecule has 2 heterocycles. The van der Waals surface area contributed by atoms with E-state index < -0.39 is 5.97 Å². The maximum Gasteiger partial charge on any atom is 0.335 e. The van der Waals surface area contributed by atoms with Crippen molar-refractivity contribution in [1.82, 2.24) is 4.98 Å². The largest absolute Gasteiger partial charge is 0.478 e. The molecule has 0 unspecified atom stereocenters. The summed E-state index contributed by atoms with van der Waals surface area (Å²) in [7, 11) is 0. The van der Waals surface area contributed by atoms with E-state index in [-0.39, 0.29) is 5.56 Å². The lowest BCUT2D eigenvalue weighted by Crippen LogP contribution is -2.46. The van der Waals surface area contributed by atoms with Crippen molar-refractivity contribution in [3.63, 3.8) is 0 Å². The minimum absolute atomic E-state index is 0.269. The van der Waals surface area contributed by atoms with Crippen LogP contribution in [0.15, 0.2) is 78.9 Å². The monoisotopic (exact) mass is 443 g/mol. The Balaban J connectivity index is 1.51. The fourth-order valence-electron chi connectivity index (χ4n) is 4.21. The molecule has 1 saturated heterocycles. The van der Waals surface area contributed by atoms with E-state index in [4.69, 9.17) is 16.6 Å². The van der Waals surface area contributed by atoms with E-state index in [0.29, 0.717) is 0 Å². The Morgan fingerprint density at radius 1 is 0.844 bits per heavy atom. The van der Waals surface area contributed by atoms with Gasteiger partial charge in [0.2, 0.25) is 0 Å². The molecule has 1 aromatic heterocycles. The summed E-state index contributed by atoms with van der Waals surface area (Å²) in [5.41, 5.74) is 5.22. The number of hydrogen-bond acceptors (Lipinski definition) is 4. The summed E-state index contributed by atoms with van der Waals surface area (Å²) in [6.07, 6.45) is 0. The number of rotatable bonds is 4. The van der Waals surface area contributed by atoms with Crippen LogP contribution in [0.2, 0.25) is 5.02 Å². The van der Waals surface area contributed by atoms with E-state index in [9.17, 15) is 9.90 Å². The number of aromatic nitrogens is 1. The molecule has 1 fully saturated rings. The maximum atomic E-state index is 11.5. The molecule has 1 aliphatic rings. The topological polar surface area (TPSA) is 56.7 Å². The van der Waals surface area contributed by atoms with Crippen LogP contribution in [0.25, 0.3) is 22.2 Å². The molecule has 1 N–H and O–H groups in total. The highest BCUT2D eigenvalue weighted by Gasteiger charge is 2.22. The number of nitrogens with zero attached hydrogens (tertiary/aromatic N) is 3. The average Bonchev–Trinajstić information content (AvgIpc) is 2.84. The molecule has 5 rings (SSSR count). The predicted octanol–water partition coefficient (Wildman–Crippen LogP) is 5.58. The van der Waals surface area contributed by atoms with Gasteiger partial charge in [0.25, 0.3) is 0 Å². The molecule has 0 aliphatic carbocycles. The second kappa shape index (κ2) is 8.52. The van der Waals surface area contributed by atoms with Crippen molar-refractivity contribution < 1.29 is 9.90 Å². The van der Waals surface area contributed by atoms with Gasteiger partial charge in [-0.15, -0.1) is 0 Å². The molecule has 3 aromatic carbocycles. The third-order valence-electron chi connectivity index (χ3n) is 5.90. The van der Waals surface area contributed by atoms with Crippen molar-refractivity contribution in [3.8, 4) is 11.3 Å². The molecule has 0 spiro atoms. The Kier molecular flexibility index (Phi) is 5.41. The zero-order chi connectivity index (χ0) is 22.1. The Hall–Kier alpha value is -3.57. The van der Waals surface area contributed by atoms with Crippen molar-refractivity contribution in [3.05, 3.63) is 89.4 Å². The molecule has 32 heavy (non-hydrogen) atoms. The Morgan fingerprint density at radius 2 is 1.53 bits per heavy atom. The van der Waals surface area contributed by atoms with Gasteiger partial charge in [-0.25, -0.2) is 9.78 Å². The molecule has 160 valence electrons. The average molecular weight is 444 g/mol. The van der Waals surface area contributed by atoms with Crippen LogP contribution in [-0.2, 0) is 0 Å². The highest BCUT2D eigenvalue weighted by Crippen LogP contribution is 2.34. The second-order valence-corrected chi connectivity index (χ2v) is 8.32. The van der Waals surface area contributed by atoms with Gasteiger partial charge in [-0.1, -0.05) is 41.9 Å². The molecule has 0 amide bonds. The molecule has 4 aromatic rings. The van der Waals surface area contributed by atoms with Crippen LogP contribution in [-0.4, -0.2) is 42.2 Å². The molecular weight excluding hydrogens is 422 g/mol. The van der Waals surface area contributed by atoms with Crippen LogP contribution in [0.1, 0.15) is 10.4 Å². The summed E-state index contributed by atoms with van der Waals surface area (Å²) < 4.78 is 0. The van der Waals surface area contributed by atoms with Gasteiger partial charge in [0.15, 0.2) is 0 Å². The summed E-state index contributed by atoms with van der Waals surface area (Å²) in [5, 5.41) is 11.0. The zero-order valence-corrected chi connectivity index (χ0v) is 18.2. The van der Waals surface area contributed by atoms with Crippen molar-refractivity contribution >= 4 is 39.8 Å². The van der Waals surface area contributed by atoms with Crippen LogP contribution in [0.5, 0.6) is 0 Å². The summed E-state index contributed by atoms with van der Waals surface area (Å²) in [4.78, 5) is 21.1. The first-order chi connectivity index (χ1) is 15.6. The third kappa shape index (κ3) is 3.99. The molecule has 0 atom stereocenters. The van der Waals surface area contributed by atoms with Crippen LogP contribution in [0, 0.1) is 0 Å². The standard InChI is InChI=1S/C26H22ClN3O2/c27-21-7-9-22(10-8-21)29-12-14-30(15-13-29)24-17-20-16-19(26(31)32)6-11-23(20)28-25(24)18-4-2-1-3-5-18/h1-11,16-17H,12-15H2,(H,31,32). The van der Waals surface area contributed by atoms with Crippen molar-refractivity contribution in [1.29, 1.82) is 0 Å². The molecule has 0 saturated carbocycles. The number of piperazine rings is 1. The number of pyridine rings is 1. The quantitative estimate of drug-likeness (QED) is 0.446. The molecule has 6 heteroatoms. The zero-order valence-electron chi connectivity index (χ0n) is 17.4. The van der Waals surface area contributed by atoms with Gasteiger partial charge in [0.05, 0.1) is 22.5 Å². The van der Waals surface area contributed by atoms with E-state index >= 15 is 0 Å². The van der Waals surface area contributed by atoms with Gasteiger partial charge in [-0.05, 0) is 48.5 Å². The normalized spacial score (nSPS) is 14.0. The molecular formula is C26H22ClN3O2. The maximum absolute atomic E-state index is 11.5. The van der Waals surface area contributed by atoms with Crippen molar-refractivity contribution in [2.24, 2.45) is 0 Å². The van der Waals surface area contributed by atoms with Gasteiger partial charge in [-0.2, -0.15) is 0 Å². The van der Waals surface area contributed by atoms with Crippen LogP contribution in [0.3, 0.4) is 0 Å². The SMILES string of the molecule is O=C(O)c1ccc2nc(-c3ccccc3)c(N3CCN(c4ccc(Cl)cc4)CC3)cc2c1. The number of carboxylic acid groups (broad SMARTS) is 1. The summed E-state index contributed by atoms with van der Waals surface area (Å²) in [6.45, 7) is 3.44. The second-order valence-electron chi connectivity index (χ2n) is 7.89. The summed E-state index contributed by atoms with van der Waals surface area (Å²) >= 11 is 6.04. The van der Waals surface area contributed by atoms with E-state index in [1.165, 1.54) is 5.69 Å². The minimum atomic E-state index is -0.933. The third-order valence-corrected chi connectivity index (χ3v) is 6.15. The van der Waals surface area contributed by atoms with Gasteiger partial charge < -0.3 is 14.9 Å². The lowest BCUT2D eigenvalue weighted by Gasteiger charge is -2.38. The fourth-order valence-corrected chi connectivity index (χ4v) is 4.33. The lowest BCUT2D eigenvalue weighted by atomic mass is 10.0. The number of carboxylic acids is 1. The molecule has 5 nitrogen and oxygen atoms in total. The van der Waals surface area contributed by atoms with Gasteiger partial charge in [-0.3, -0.25) is 0 Å². The van der Waals surface area contributed by atoms with Gasteiger partial charge in [0, 0.05) is 47.8 Å². The molecule has 0 radical (unpaired) electrons. The number of benzene rings is 3. The van der Waals surface area contributed by atoms with E-state index in [2.05, 4.69) is 40.1 Å². The fraction of sp³-hybridized carbons (Fsp3) is 0.154. The number of halogens is 1. The van der Waals surface area contributed by atoms with E-state index in [0.717, 1.165) is 59.0 Å². The van der Waals surface area contributed by atoms with E-state index in [1.54, 1.807) is 18.2 Å². The summed E-state index contributed by atoms with van der Waals surface area (Å²) in [5.74, 6) is -0.933. The smallest absolute Gasteiger partial charge is 0.335 e. The predicted molar refractivity (Wildman–Crippen MR) is 130 cm³/mol. The number of hydrogen-bond donors (Lipinski definition) is 1. The Morgan fingerprint density at radius 3 is 2.22 bits per heavy atom. The van der Waals surface area contributed by atoms with Crippen molar-refractivity contribution in [2.75, 3.05) is 36.0 Å². The van der Waals surface area contributed by atoms with Crippen molar-refractivity contribution in [2.45, 2.75) is 0 Å². The number of aromatic carboxylic acids is 1. The first-order valence-electron chi connectivity index (χ1n) is 10.6. The van der Waals surface area contributed by atoms with Gasteiger partial charge >= 0.3 is 5.97 Å². The highest BCUT2D eigenvalue weighted by molar-refractivity contribution is 6.30. The number of carbonyl (C=O) groups is 1. The molecule has 0 bridgehead atoms. The molecule has 1 aliphatic heterocycles. The number of fused-ring (bicyclic) bond motifs is 1. The Bertz CT molecular complexity index is 1270. The van der Waals surface area contributed by atoms with Crippen LogP contribution >= 0.6 is 11.6 Å². The number of anilines is 2. The van der Waals surface area contributed by atoms with E-state index in [1.807, 2.05) is 30.3 Å².